The molecule has 1 saturated heterocycles. The average molecular weight is 273 g/mol. The number of nitrogens with zero attached hydrogens (tertiary/aromatic N) is 3. The van der Waals surface area contributed by atoms with E-state index in [0.717, 1.165) is 13.1 Å². The summed E-state index contributed by atoms with van der Waals surface area (Å²) in [7, 11) is 0. The zero-order valence-electron chi connectivity index (χ0n) is 10.3. The minimum atomic E-state index is -0.439. The van der Waals surface area contributed by atoms with E-state index in [1.807, 2.05) is 4.90 Å². The molecule has 0 aliphatic carbocycles. The number of aromatic nitrogens is 2. The molecule has 0 spiro atoms. The minimum absolute atomic E-state index is 0.389. The van der Waals surface area contributed by atoms with Crippen molar-refractivity contribution in [3.05, 3.63) is 11.2 Å². The molecular weight excluding hydrogens is 256 g/mol. The number of hydrogen-bond acceptors (Lipinski definition) is 6. The molecule has 2 rings (SSSR count). The summed E-state index contributed by atoms with van der Waals surface area (Å²) in [6.07, 6.45) is -0.439. The van der Waals surface area contributed by atoms with Crippen molar-refractivity contribution >= 4 is 23.4 Å². The first-order valence-corrected chi connectivity index (χ1v) is 6.32. The SMILES string of the molecule is C[C@@H](O)CNc1cc(Cl)nc(N2CCOCC2)n1. The first-order chi connectivity index (χ1) is 8.65. The van der Waals surface area contributed by atoms with E-state index in [1.54, 1.807) is 13.0 Å². The Labute approximate surface area is 111 Å². The maximum Gasteiger partial charge on any atom is 0.228 e. The van der Waals surface area contributed by atoms with E-state index in [-0.39, 0.29) is 0 Å². The number of aliphatic hydroxyl groups excluding tert-OH is 1. The van der Waals surface area contributed by atoms with Crippen molar-refractivity contribution < 1.29 is 9.84 Å². The standard InChI is InChI=1S/C11H17ClN4O2/c1-8(17)7-13-10-6-9(12)14-11(15-10)16-2-4-18-5-3-16/h6,8,17H,2-5,7H2,1H3,(H,13,14,15)/t8-/m1/s1. The van der Waals surface area contributed by atoms with Gasteiger partial charge < -0.3 is 20.1 Å². The van der Waals surface area contributed by atoms with Gasteiger partial charge in [-0.15, -0.1) is 0 Å². The highest BCUT2D eigenvalue weighted by Gasteiger charge is 2.15. The Morgan fingerprint density at radius 1 is 1.50 bits per heavy atom. The highest BCUT2D eigenvalue weighted by atomic mass is 35.5. The van der Waals surface area contributed by atoms with Gasteiger partial charge in [-0.05, 0) is 6.92 Å². The van der Waals surface area contributed by atoms with Crippen LogP contribution in [-0.4, -0.2) is 54.0 Å². The number of aliphatic hydroxyl groups is 1. The summed E-state index contributed by atoms with van der Waals surface area (Å²) in [4.78, 5) is 10.6. The lowest BCUT2D eigenvalue weighted by Gasteiger charge is -2.27. The second kappa shape index (κ2) is 6.17. The van der Waals surface area contributed by atoms with Crippen LogP contribution in [0.4, 0.5) is 11.8 Å². The number of morpholine rings is 1. The second-order valence-corrected chi connectivity index (χ2v) is 4.59. The molecule has 0 saturated carbocycles. The van der Waals surface area contributed by atoms with Gasteiger partial charge in [-0.1, -0.05) is 11.6 Å². The Hall–Kier alpha value is -1.11. The van der Waals surface area contributed by atoms with Gasteiger partial charge >= 0.3 is 0 Å². The van der Waals surface area contributed by atoms with Gasteiger partial charge in [0.05, 0.1) is 19.3 Å². The van der Waals surface area contributed by atoms with Crippen LogP contribution in [0.2, 0.25) is 5.15 Å². The molecule has 6 nitrogen and oxygen atoms in total. The fraction of sp³-hybridized carbons (Fsp3) is 0.636. The van der Waals surface area contributed by atoms with Gasteiger partial charge in [-0.25, -0.2) is 4.98 Å². The zero-order valence-corrected chi connectivity index (χ0v) is 11.0. The molecule has 7 heteroatoms. The number of anilines is 2. The molecule has 0 aromatic carbocycles. The van der Waals surface area contributed by atoms with Gasteiger partial charge in [-0.3, -0.25) is 0 Å². The molecule has 0 amide bonds. The maximum absolute atomic E-state index is 9.24. The molecule has 1 aromatic rings. The van der Waals surface area contributed by atoms with Crippen LogP contribution in [-0.2, 0) is 4.74 Å². The van der Waals surface area contributed by atoms with E-state index in [9.17, 15) is 5.11 Å². The zero-order chi connectivity index (χ0) is 13.0. The number of rotatable bonds is 4. The van der Waals surface area contributed by atoms with Gasteiger partial charge in [0.2, 0.25) is 5.95 Å². The Balaban J connectivity index is 2.09. The van der Waals surface area contributed by atoms with Crippen LogP contribution in [0.25, 0.3) is 0 Å². The highest BCUT2D eigenvalue weighted by Crippen LogP contribution is 2.18. The lowest BCUT2D eigenvalue weighted by molar-refractivity contribution is 0.122. The molecule has 0 unspecified atom stereocenters. The summed E-state index contributed by atoms with van der Waals surface area (Å²) in [6.45, 7) is 5.00. The number of nitrogens with one attached hydrogen (secondary N) is 1. The van der Waals surface area contributed by atoms with Gasteiger partial charge in [0.25, 0.3) is 0 Å². The van der Waals surface area contributed by atoms with Crippen molar-refractivity contribution in [1.29, 1.82) is 0 Å². The molecule has 0 radical (unpaired) electrons. The highest BCUT2D eigenvalue weighted by molar-refractivity contribution is 6.29. The van der Waals surface area contributed by atoms with Crippen molar-refractivity contribution in [2.45, 2.75) is 13.0 Å². The summed E-state index contributed by atoms with van der Waals surface area (Å²) < 4.78 is 5.28. The molecule has 2 N–H and O–H groups in total. The summed E-state index contributed by atoms with van der Waals surface area (Å²) in [6, 6.07) is 1.65. The summed E-state index contributed by atoms with van der Waals surface area (Å²) in [5.41, 5.74) is 0. The summed E-state index contributed by atoms with van der Waals surface area (Å²) in [5.74, 6) is 1.22. The quantitative estimate of drug-likeness (QED) is 0.789. The van der Waals surface area contributed by atoms with Crippen molar-refractivity contribution in [3.63, 3.8) is 0 Å². The first kappa shape index (κ1) is 13.3. The van der Waals surface area contributed by atoms with E-state index >= 15 is 0 Å². The number of halogens is 1. The fourth-order valence-corrected chi connectivity index (χ4v) is 1.83. The fourth-order valence-electron chi connectivity index (χ4n) is 1.65. The predicted octanol–water partition coefficient (Wildman–Crippen LogP) is 0.759. The molecule has 100 valence electrons. The number of ether oxygens (including phenoxy) is 1. The molecule has 1 aliphatic heterocycles. The van der Waals surface area contributed by atoms with E-state index in [4.69, 9.17) is 16.3 Å². The molecule has 1 aromatic heterocycles. The minimum Gasteiger partial charge on any atom is -0.392 e. The van der Waals surface area contributed by atoms with Crippen molar-refractivity contribution in [3.8, 4) is 0 Å². The Morgan fingerprint density at radius 3 is 2.89 bits per heavy atom. The molecule has 1 atom stereocenters. The van der Waals surface area contributed by atoms with Crippen LogP contribution in [0.5, 0.6) is 0 Å². The summed E-state index contributed by atoms with van der Waals surface area (Å²) in [5, 5.41) is 12.6. The topological polar surface area (TPSA) is 70.5 Å². The third-order valence-corrected chi connectivity index (χ3v) is 2.75. The predicted molar refractivity (Wildman–Crippen MR) is 70.2 cm³/mol. The maximum atomic E-state index is 9.24. The van der Waals surface area contributed by atoms with Gasteiger partial charge in [0.1, 0.15) is 11.0 Å². The lowest BCUT2D eigenvalue weighted by Crippen LogP contribution is -2.37. The van der Waals surface area contributed by atoms with Crippen molar-refractivity contribution in [2.75, 3.05) is 43.1 Å². The molecule has 2 heterocycles. The molecule has 1 aliphatic rings. The van der Waals surface area contributed by atoms with E-state index in [1.165, 1.54) is 0 Å². The Bertz CT molecular complexity index is 397. The van der Waals surface area contributed by atoms with Crippen molar-refractivity contribution in [1.82, 2.24) is 9.97 Å². The Kier molecular flexibility index (Phi) is 4.57. The van der Waals surface area contributed by atoms with Crippen LogP contribution in [0.3, 0.4) is 0 Å². The van der Waals surface area contributed by atoms with Crippen molar-refractivity contribution in [2.24, 2.45) is 0 Å². The Morgan fingerprint density at radius 2 is 2.22 bits per heavy atom. The van der Waals surface area contributed by atoms with E-state index < -0.39 is 6.10 Å². The molecule has 18 heavy (non-hydrogen) atoms. The lowest BCUT2D eigenvalue weighted by atomic mass is 10.4. The normalized spacial score (nSPS) is 17.6. The third kappa shape index (κ3) is 3.69. The molecule has 1 fully saturated rings. The van der Waals surface area contributed by atoms with Crippen LogP contribution in [0.1, 0.15) is 6.92 Å². The monoisotopic (exact) mass is 272 g/mol. The van der Waals surface area contributed by atoms with Gasteiger partial charge in [0.15, 0.2) is 0 Å². The molecular formula is C11H17ClN4O2. The van der Waals surface area contributed by atoms with Gasteiger partial charge in [0, 0.05) is 25.7 Å². The summed E-state index contributed by atoms with van der Waals surface area (Å²) >= 11 is 5.97. The van der Waals surface area contributed by atoms with Crippen LogP contribution >= 0.6 is 11.6 Å². The smallest absolute Gasteiger partial charge is 0.228 e. The first-order valence-electron chi connectivity index (χ1n) is 5.94. The largest absolute Gasteiger partial charge is 0.392 e. The average Bonchev–Trinajstić information content (AvgIpc) is 2.37. The van der Waals surface area contributed by atoms with E-state index in [2.05, 4.69) is 15.3 Å². The van der Waals surface area contributed by atoms with Crippen LogP contribution in [0.15, 0.2) is 6.07 Å². The van der Waals surface area contributed by atoms with Crippen LogP contribution < -0.4 is 10.2 Å². The third-order valence-electron chi connectivity index (χ3n) is 2.56. The van der Waals surface area contributed by atoms with Crippen LogP contribution in [0, 0.1) is 0 Å². The molecule has 0 bridgehead atoms. The van der Waals surface area contributed by atoms with E-state index in [0.29, 0.717) is 36.7 Å². The van der Waals surface area contributed by atoms with Gasteiger partial charge in [-0.2, -0.15) is 4.98 Å². The second-order valence-electron chi connectivity index (χ2n) is 4.21. The number of hydrogen-bond donors (Lipinski definition) is 2.